The van der Waals surface area contributed by atoms with Crippen LogP contribution in [-0.4, -0.2) is 45.0 Å². The summed E-state index contributed by atoms with van der Waals surface area (Å²) in [5.41, 5.74) is 1.61. The molecular formula is C18H26BNO4. The Bertz CT molecular complexity index is 624. The first-order valence-electron chi connectivity index (χ1n) is 8.09. The van der Waals surface area contributed by atoms with Gasteiger partial charge in [0.05, 0.1) is 23.9 Å². The summed E-state index contributed by atoms with van der Waals surface area (Å²) < 4.78 is 17.0. The van der Waals surface area contributed by atoms with Gasteiger partial charge in [-0.2, -0.15) is 0 Å². The van der Waals surface area contributed by atoms with Crippen molar-refractivity contribution < 1.29 is 18.8 Å². The zero-order valence-electron chi connectivity index (χ0n) is 15.3. The number of likely N-dealkylation sites (N-methyl/N-ethyl adjacent to an activating group) is 1. The zero-order chi connectivity index (χ0) is 18.0. The summed E-state index contributed by atoms with van der Waals surface area (Å²) in [7, 11) is 2.83. The summed E-state index contributed by atoms with van der Waals surface area (Å²) in [6.07, 6.45) is 1.99. The van der Waals surface area contributed by atoms with Gasteiger partial charge in [0.15, 0.2) is 0 Å². The van der Waals surface area contributed by atoms with Gasteiger partial charge in [-0.3, -0.25) is 0 Å². The summed E-state index contributed by atoms with van der Waals surface area (Å²) in [6, 6.07) is 7.30. The molecule has 1 aromatic rings. The highest BCUT2D eigenvalue weighted by atomic mass is 16.7. The Morgan fingerprint density at radius 3 is 2.42 bits per heavy atom. The highest BCUT2D eigenvalue weighted by Gasteiger charge is 2.52. The predicted octanol–water partition coefficient (Wildman–Crippen LogP) is 2.71. The van der Waals surface area contributed by atoms with Crippen molar-refractivity contribution in [2.45, 2.75) is 38.9 Å². The Labute approximate surface area is 144 Å². The van der Waals surface area contributed by atoms with Crippen molar-refractivity contribution >= 4 is 19.2 Å². The molecule has 5 nitrogen and oxygen atoms in total. The van der Waals surface area contributed by atoms with E-state index in [2.05, 4.69) is 5.32 Å². The molecule has 0 bridgehead atoms. The maximum atomic E-state index is 11.7. The maximum absolute atomic E-state index is 11.7. The molecule has 0 amide bonds. The van der Waals surface area contributed by atoms with Crippen molar-refractivity contribution in [3.8, 4) is 0 Å². The molecule has 0 unspecified atom stereocenters. The molecule has 0 atom stereocenters. The number of hydrogen-bond donors (Lipinski definition) is 1. The van der Waals surface area contributed by atoms with E-state index in [-0.39, 0.29) is 5.97 Å². The van der Waals surface area contributed by atoms with Crippen LogP contribution in [-0.2, 0) is 14.0 Å². The molecule has 1 aliphatic rings. The summed E-state index contributed by atoms with van der Waals surface area (Å²) in [6.45, 7) is 8.74. The van der Waals surface area contributed by atoms with Gasteiger partial charge in [-0.15, -0.1) is 0 Å². The molecule has 0 aromatic heterocycles. The zero-order valence-corrected chi connectivity index (χ0v) is 15.3. The predicted molar refractivity (Wildman–Crippen MR) is 95.8 cm³/mol. The van der Waals surface area contributed by atoms with Crippen LogP contribution in [0.4, 0.5) is 0 Å². The van der Waals surface area contributed by atoms with Gasteiger partial charge in [0.25, 0.3) is 0 Å². The minimum Gasteiger partial charge on any atom is -0.465 e. The summed E-state index contributed by atoms with van der Waals surface area (Å²) in [5.74, 6) is -0.351. The van der Waals surface area contributed by atoms with E-state index in [0.717, 1.165) is 11.0 Å². The van der Waals surface area contributed by atoms with E-state index < -0.39 is 18.3 Å². The third-order valence-electron chi connectivity index (χ3n) is 4.60. The van der Waals surface area contributed by atoms with Gasteiger partial charge in [-0.05, 0) is 57.9 Å². The van der Waals surface area contributed by atoms with Crippen molar-refractivity contribution in [3.05, 3.63) is 40.9 Å². The molecule has 1 aromatic carbocycles. The lowest BCUT2D eigenvalue weighted by Crippen LogP contribution is -2.41. The van der Waals surface area contributed by atoms with Crippen LogP contribution in [0.25, 0.3) is 6.08 Å². The minimum atomic E-state index is -0.427. The number of carbonyl (C=O) groups is 1. The Morgan fingerprint density at radius 2 is 1.88 bits per heavy atom. The highest BCUT2D eigenvalue weighted by Crippen LogP contribution is 2.38. The molecule has 0 radical (unpaired) electrons. The molecule has 2 rings (SSSR count). The first-order valence-corrected chi connectivity index (χ1v) is 8.09. The number of carbonyl (C=O) groups excluding carboxylic acids is 1. The maximum Gasteiger partial charge on any atom is 0.491 e. The number of rotatable bonds is 5. The lowest BCUT2D eigenvalue weighted by Gasteiger charge is -2.32. The Morgan fingerprint density at radius 1 is 1.25 bits per heavy atom. The van der Waals surface area contributed by atoms with Crippen molar-refractivity contribution in [3.63, 3.8) is 0 Å². The minimum absolute atomic E-state index is 0.351. The molecular weight excluding hydrogens is 305 g/mol. The standard InChI is InChI=1S/C18H26BNO4/c1-17(2)18(3,4)24-19(23-17)15(12-20-5)11-13-8-7-9-14(10-13)16(21)22-6/h7-11,20H,12H2,1-6H3. The molecule has 1 saturated heterocycles. The number of ether oxygens (including phenoxy) is 1. The monoisotopic (exact) mass is 331 g/mol. The molecule has 1 N–H and O–H groups in total. The Hall–Kier alpha value is -1.63. The van der Waals surface area contributed by atoms with Gasteiger partial charge in [0, 0.05) is 6.54 Å². The SMILES string of the molecule is CNCC(=Cc1cccc(C(=O)OC)c1)B1OC(C)(C)C(C)(C)O1. The van der Waals surface area contributed by atoms with E-state index in [1.54, 1.807) is 12.1 Å². The number of esters is 1. The largest absolute Gasteiger partial charge is 0.491 e. The van der Waals surface area contributed by atoms with Crippen LogP contribution in [0.1, 0.15) is 43.6 Å². The number of methoxy groups -OCH3 is 1. The second-order valence-electron chi connectivity index (χ2n) is 6.95. The highest BCUT2D eigenvalue weighted by molar-refractivity contribution is 6.55. The Balaban J connectivity index is 2.31. The number of benzene rings is 1. The summed E-state index contributed by atoms with van der Waals surface area (Å²) >= 11 is 0. The third-order valence-corrected chi connectivity index (χ3v) is 4.60. The lowest BCUT2D eigenvalue weighted by molar-refractivity contribution is 0.00578. The average Bonchev–Trinajstić information content (AvgIpc) is 2.74. The number of hydrogen-bond acceptors (Lipinski definition) is 5. The quantitative estimate of drug-likeness (QED) is 0.664. The molecule has 6 heteroatoms. The van der Waals surface area contributed by atoms with Gasteiger partial charge in [-0.25, -0.2) is 4.79 Å². The first-order chi connectivity index (χ1) is 11.2. The van der Waals surface area contributed by atoms with E-state index in [9.17, 15) is 4.79 Å². The molecule has 0 saturated carbocycles. The van der Waals surface area contributed by atoms with Crippen LogP contribution in [0.5, 0.6) is 0 Å². The van der Waals surface area contributed by atoms with Gasteiger partial charge in [-0.1, -0.05) is 18.2 Å². The second-order valence-corrected chi connectivity index (χ2v) is 6.95. The van der Waals surface area contributed by atoms with Gasteiger partial charge < -0.3 is 19.4 Å². The number of nitrogens with one attached hydrogen (secondary N) is 1. The van der Waals surface area contributed by atoms with Gasteiger partial charge >= 0.3 is 13.1 Å². The molecule has 0 spiro atoms. The normalized spacial score (nSPS) is 19.4. The lowest BCUT2D eigenvalue weighted by atomic mass is 9.77. The van der Waals surface area contributed by atoms with Crippen LogP contribution in [0.15, 0.2) is 29.7 Å². The van der Waals surface area contributed by atoms with Crippen molar-refractivity contribution in [2.24, 2.45) is 0 Å². The Kier molecular flexibility index (Phi) is 5.53. The van der Waals surface area contributed by atoms with Crippen LogP contribution in [0, 0.1) is 0 Å². The van der Waals surface area contributed by atoms with E-state index in [4.69, 9.17) is 14.0 Å². The molecule has 1 heterocycles. The van der Waals surface area contributed by atoms with Crippen molar-refractivity contribution in [1.29, 1.82) is 0 Å². The summed E-state index contributed by atoms with van der Waals surface area (Å²) in [5, 5.41) is 3.15. The molecule has 0 aliphatic carbocycles. The fraction of sp³-hybridized carbons (Fsp3) is 0.500. The van der Waals surface area contributed by atoms with E-state index in [1.807, 2.05) is 53.0 Å². The molecule has 24 heavy (non-hydrogen) atoms. The topological polar surface area (TPSA) is 56.8 Å². The van der Waals surface area contributed by atoms with Crippen molar-refractivity contribution in [1.82, 2.24) is 5.32 Å². The first kappa shape index (κ1) is 18.7. The van der Waals surface area contributed by atoms with E-state index in [1.165, 1.54) is 7.11 Å². The van der Waals surface area contributed by atoms with Crippen LogP contribution in [0.3, 0.4) is 0 Å². The van der Waals surface area contributed by atoms with Crippen LogP contribution in [0.2, 0.25) is 0 Å². The molecule has 1 fully saturated rings. The fourth-order valence-electron chi connectivity index (χ4n) is 2.49. The average molecular weight is 331 g/mol. The fourth-order valence-corrected chi connectivity index (χ4v) is 2.49. The summed E-state index contributed by atoms with van der Waals surface area (Å²) in [4.78, 5) is 11.7. The van der Waals surface area contributed by atoms with Crippen LogP contribution >= 0.6 is 0 Å². The van der Waals surface area contributed by atoms with Crippen molar-refractivity contribution in [2.75, 3.05) is 20.7 Å². The van der Waals surface area contributed by atoms with Gasteiger partial charge in [0.2, 0.25) is 0 Å². The van der Waals surface area contributed by atoms with Gasteiger partial charge in [0.1, 0.15) is 0 Å². The van der Waals surface area contributed by atoms with Crippen LogP contribution < -0.4 is 5.32 Å². The second kappa shape index (κ2) is 7.09. The molecule has 130 valence electrons. The smallest absolute Gasteiger partial charge is 0.465 e. The third kappa shape index (κ3) is 3.88. The van der Waals surface area contributed by atoms with E-state index >= 15 is 0 Å². The van der Waals surface area contributed by atoms with E-state index in [0.29, 0.717) is 12.1 Å². The molecule has 1 aliphatic heterocycles.